The van der Waals surface area contributed by atoms with Gasteiger partial charge in [0.15, 0.2) is 0 Å². The lowest BCUT2D eigenvalue weighted by atomic mass is 9.78. The lowest BCUT2D eigenvalue weighted by molar-refractivity contribution is 0.0666. The van der Waals surface area contributed by atoms with Crippen molar-refractivity contribution in [1.82, 2.24) is 19.4 Å². The molecule has 1 aliphatic carbocycles. The van der Waals surface area contributed by atoms with Crippen molar-refractivity contribution >= 4 is 11.0 Å². The zero-order chi connectivity index (χ0) is 18.3. The molecular formula is C23H34N4. The van der Waals surface area contributed by atoms with Crippen molar-refractivity contribution in [2.45, 2.75) is 58.5 Å². The van der Waals surface area contributed by atoms with Gasteiger partial charge >= 0.3 is 0 Å². The first-order valence-electron chi connectivity index (χ1n) is 11.1. The first-order chi connectivity index (χ1) is 13.2. The molecule has 2 aliphatic heterocycles. The second-order valence-electron chi connectivity index (χ2n) is 9.36. The van der Waals surface area contributed by atoms with Crippen LogP contribution >= 0.6 is 0 Å². The van der Waals surface area contributed by atoms with Crippen molar-refractivity contribution in [3.05, 3.63) is 30.1 Å². The van der Waals surface area contributed by atoms with Crippen molar-refractivity contribution in [2.75, 3.05) is 32.7 Å². The van der Waals surface area contributed by atoms with Crippen LogP contribution in [0.1, 0.15) is 51.3 Å². The second-order valence-corrected chi connectivity index (χ2v) is 9.36. The van der Waals surface area contributed by atoms with E-state index in [0.29, 0.717) is 5.41 Å². The molecule has 4 nitrogen and oxygen atoms in total. The van der Waals surface area contributed by atoms with Crippen molar-refractivity contribution < 1.29 is 0 Å². The molecule has 1 aromatic heterocycles. The number of para-hydroxylation sites is 2. The summed E-state index contributed by atoms with van der Waals surface area (Å²) < 4.78 is 2.41. The van der Waals surface area contributed by atoms with Gasteiger partial charge in [0, 0.05) is 26.2 Å². The minimum absolute atomic E-state index is 0.547. The van der Waals surface area contributed by atoms with E-state index < -0.39 is 0 Å². The summed E-state index contributed by atoms with van der Waals surface area (Å²) in [7, 11) is 0. The predicted octanol–water partition coefficient (Wildman–Crippen LogP) is 4.14. The van der Waals surface area contributed by atoms with Crippen molar-refractivity contribution in [1.29, 1.82) is 0 Å². The number of hydrogen-bond donors (Lipinski definition) is 0. The molecule has 2 saturated heterocycles. The Hall–Kier alpha value is -1.39. The standard InChI is InChI=1S/C23H34N4/c1-2-27-21-10-4-3-9-20(21)24-22(27)16-26-14-12-23(18-26)11-6-13-25(17-23)15-19-7-5-8-19/h3-4,9-10,19H,2,5-8,11-18H2,1H3. The maximum Gasteiger partial charge on any atom is 0.124 e. The summed E-state index contributed by atoms with van der Waals surface area (Å²) in [5, 5.41) is 0. The highest BCUT2D eigenvalue weighted by atomic mass is 15.2. The number of benzene rings is 1. The van der Waals surface area contributed by atoms with Gasteiger partial charge in [-0.1, -0.05) is 18.6 Å². The molecule has 1 saturated carbocycles. The minimum atomic E-state index is 0.547. The molecule has 5 rings (SSSR count). The molecular weight excluding hydrogens is 332 g/mol. The zero-order valence-electron chi connectivity index (χ0n) is 16.9. The van der Waals surface area contributed by atoms with E-state index in [1.165, 1.54) is 82.6 Å². The molecule has 4 heteroatoms. The Kier molecular flexibility index (Phi) is 4.73. The SMILES string of the molecule is CCn1c(CN2CCC3(CCCN(CC4CCC4)C3)C2)nc2ccccc21. The number of imidazole rings is 1. The molecule has 2 aromatic rings. The summed E-state index contributed by atoms with van der Waals surface area (Å²) in [6.07, 6.45) is 8.62. The van der Waals surface area contributed by atoms with Gasteiger partial charge in [-0.25, -0.2) is 4.98 Å². The number of fused-ring (bicyclic) bond motifs is 1. The fourth-order valence-corrected chi connectivity index (χ4v) is 5.80. The van der Waals surface area contributed by atoms with E-state index in [4.69, 9.17) is 4.98 Å². The second kappa shape index (κ2) is 7.21. The highest BCUT2D eigenvalue weighted by Crippen LogP contribution is 2.40. The van der Waals surface area contributed by atoms with Crippen LogP contribution in [-0.4, -0.2) is 52.1 Å². The van der Waals surface area contributed by atoms with E-state index in [2.05, 4.69) is 45.6 Å². The van der Waals surface area contributed by atoms with Gasteiger partial charge in [0.2, 0.25) is 0 Å². The zero-order valence-corrected chi connectivity index (χ0v) is 16.9. The van der Waals surface area contributed by atoms with Gasteiger partial charge < -0.3 is 9.47 Å². The Balaban J connectivity index is 1.27. The average Bonchev–Trinajstić information content (AvgIpc) is 3.19. The topological polar surface area (TPSA) is 24.3 Å². The largest absolute Gasteiger partial charge is 0.327 e. The van der Waals surface area contributed by atoms with Crippen LogP contribution in [0.15, 0.2) is 24.3 Å². The molecule has 27 heavy (non-hydrogen) atoms. The Morgan fingerprint density at radius 3 is 2.70 bits per heavy atom. The van der Waals surface area contributed by atoms with Gasteiger partial charge in [-0.05, 0) is 75.6 Å². The summed E-state index contributed by atoms with van der Waals surface area (Å²) in [6.45, 7) is 10.8. The van der Waals surface area contributed by atoms with Gasteiger partial charge in [-0.15, -0.1) is 0 Å². The number of aryl methyl sites for hydroxylation is 1. The lowest BCUT2D eigenvalue weighted by Crippen LogP contribution is -2.47. The van der Waals surface area contributed by atoms with Crippen LogP contribution in [0.4, 0.5) is 0 Å². The van der Waals surface area contributed by atoms with E-state index in [1.54, 1.807) is 0 Å². The summed E-state index contributed by atoms with van der Waals surface area (Å²) in [4.78, 5) is 10.4. The maximum atomic E-state index is 4.96. The Labute approximate surface area is 163 Å². The van der Waals surface area contributed by atoms with Crippen LogP contribution < -0.4 is 0 Å². The number of piperidine rings is 1. The number of likely N-dealkylation sites (tertiary alicyclic amines) is 2. The molecule has 0 N–H and O–H groups in total. The molecule has 0 bridgehead atoms. The fraction of sp³-hybridized carbons (Fsp3) is 0.696. The van der Waals surface area contributed by atoms with Crippen LogP contribution in [-0.2, 0) is 13.1 Å². The summed E-state index contributed by atoms with van der Waals surface area (Å²) in [5.74, 6) is 2.25. The fourth-order valence-electron chi connectivity index (χ4n) is 5.80. The molecule has 1 unspecified atom stereocenters. The molecule has 0 radical (unpaired) electrons. The molecule has 1 atom stereocenters. The number of nitrogens with zero attached hydrogens (tertiary/aromatic N) is 4. The van der Waals surface area contributed by atoms with Crippen LogP contribution in [0.5, 0.6) is 0 Å². The third kappa shape index (κ3) is 3.42. The van der Waals surface area contributed by atoms with Gasteiger partial charge in [-0.2, -0.15) is 0 Å². The molecule has 3 fully saturated rings. The average molecular weight is 367 g/mol. The summed E-state index contributed by atoms with van der Waals surface area (Å²) >= 11 is 0. The van der Waals surface area contributed by atoms with Crippen molar-refractivity contribution in [2.24, 2.45) is 11.3 Å². The maximum absolute atomic E-state index is 4.96. The van der Waals surface area contributed by atoms with Gasteiger partial charge in [-0.3, -0.25) is 4.90 Å². The lowest BCUT2D eigenvalue weighted by Gasteiger charge is -2.43. The van der Waals surface area contributed by atoms with E-state index in [9.17, 15) is 0 Å². The van der Waals surface area contributed by atoms with Crippen molar-refractivity contribution in [3.63, 3.8) is 0 Å². The van der Waals surface area contributed by atoms with Crippen LogP contribution in [0.2, 0.25) is 0 Å². The molecule has 0 amide bonds. The quantitative estimate of drug-likeness (QED) is 0.795. The smallest absolute Gasteiger partial charge is 0.124 e. The molecule has 146 valence electrons. The Morgan fingerprint density at radius 1 is 1.04 bits per heavy atom. The van der Waals surface area contributed by atoms with E-state index in [1.807, 2.05) is 0 Å². The van der Waals surface area contributed by atoms with E-state index >= 15 is 0 Å². The Morgan fingerprint density at radius 2 is 1.89 bits per heavy atom. The molecule has 1 spiro atoms. The van der Waals surface area contributed by atoms with Crippen LogP contribution in [0.25, 0.3) is 11.0 Å². The Bertz CT molecular complexity index is 793. The normalized spacial score (nSPS) is 27.6. The summed E-state index contributed by atoms with van der Waals surface area (Å²) in [5.41, 5.74) is 2.98. The predicted molar refractivity (Wildman–Crippen MR) is 111 cm³/mol. The van der Waals surface area contributed by atoms with Crippen LogP contribution in [0.3, 0.4) is 0 Å². The summed E-state index contributed by atoms with van der Waals surface area (Å²) in [6, 6.07) is 8.59. The van der Waals surface area contributed by atoms with Crippen LogP contribution in [0, 0.1) is 11.3 Å². The minimum Gasteiger partial charge on any atom is -0.327 e. The first-order valence-corrected chi connectivity index (χ1v) is 11.1. The number of aromatic nitrogens is 2. The highest BCUT2D eigenvalue weighted by molar-refractivity contribution is 5.75. The van der Waals surface area contributed by atoms with E-state index in [-0.39, 0.29) is 0 Å². The highest BCUT2D eigenvalue weighted by Gasteiger charge is 2.42. The van der Waals surface area contributed by atoms with Gasteiger partial charge in [0.1, 0.15) is 5.82 Å². The van der Waals surface area contributed by atoms with E-state index in [0.717, 1.165) is 24.5 Å². The first kappa shape index (κ1) is 17.7. The monoisotopic (exact) mass is 366 g/mol. The van der Waals surface area contributed by atoms with Gasteiger partial charge in [0.05, 0.1) is 17.6 Å². The van der Waals surface area contributed by atoms with Gasteiger partial charge in [0.25, 0.3) is 0 Å². The number of rotatable bonds is 5. The third-order valence-corrected chi connectivity index (χ3v) is 7.41. The molecule has 1 aromatic carbocycles. The third-order valence-electron chi connectivity index (χ3n) is 7.41. The molecule has 3 heterocycles. The number of hydrogen-bond acceptors (Lipinski definition) is 3. The van der Waals surface area contributed by atoms with Crippen molar-refractivity contribution in [3.8, 4) is 0 Å². The molecule has 3 aliphatic rings.